The quantitative estimate of drug-likeness (QED) is 0.451. The van der Waals surface area contributed by atoms with Crippen molar-refractivity contribution in [2.45, 2.75) is 30.3 Å². The van der Waals surface area contributed by atoms with Crippen LogP contribution in [0.5, 0.6) is 0 Å². The fourth-order valence-electron chi connectivity index (χ4n) is 3.98. The molecule has 1 fully saturated rings. The van der Waals surface area contributed by atoms with E-state index in [1.54, 1.807) is 0 Å². The molecule has 1 saturated heterocycles. The molecule has 1 aliphatic heterocycles. The van der Waals surface area contributed by atoms with Gasteiger partial charge in [-0.05, 0) is 64.3 Å². The van der Waals surface area contributed by atoms with Crippen molar-refractivity contribution in [3.8, 4) is 5.69 Å². The number of aromatic nitrogens is 3. The first-order valence-corrected chi connectivity index (χ1v) is 12.7. The summed E-state index contributed by atoms with van der Waals surface area (Å²) in [4.78, 5) is 19.7. The second kappa shape index (κ2) is 10.8. The summed E-state index contributed by atoms with van der Waals surface area (Å²) < 4.78 is 2.03. The lowest BCUT2D eigenvalue weighted by Gasteiger charge is -2.37. The molecule has 1 amide bonds. The van der Waals surface area contributed by atoms with E-state index in [1.807, 2.05) is 73.0 Å². The first-order valence-electron chi connectivity index (χ1n) is 11.5. The molecule has 2 atom stereocenters. The SMILES string of the molecule is CC(Sc1nnc(C(C)N(C)C)n1-c1ccc(Cl)cc1)C(=O)N1CCN(c2ccccc2)CC1. The van der Waals surface area contributed by atoms with Gasteiger partial charge in [0.2, 0.25) is 5.91 Å². The number of carbonyl (C=O) groups is 1. The van der Waals surface area contributed by atoms with Gasteiger partial charge < -0.3 is 9.80 Å². The van der Waals surface area contributed by atoms with Crippen LogP contribution in [0.3, 0.4) is 0 Å². The molecular formula is C25H31ClN6OS. The minimum absolute atomic E-state index is 0.0506. The fraction of sp³-hybridized carbons (Fsp3) is 0.400. The third-order valence-electron chi connectivity index (χ3n) is 6.23. The highest BCUT2D eigenvalue weighted by atomic mass is 35.5. The number of amides is 1. The normalized spacial score (nSPS) is 16.1. The zero-order valence-corrected chi connectivity index (χ0v) is 21.6. The maximum Gasteiger partial charge on any atom is 0.236 e. The van der Waals surface area contributed by atoms with Crippen LogP contribution in [-0.4, -0.2) is 76.0 Å². The molecule has 0 radical (unpaired) electrons. The largest absolute Gasteiger partial charge is 0.368 e. The third kappa shape index (κ3) is 5.40. The highest BCUT2D eigenvalue weighted by molar-refractivity contribution is 8.00. The molecule has 7 nitrogen and oxygen atoms in total. The highest BCUT2D eigenvalue weighted by Crippen LogP contribution is 2.30. The van der Waals surface area contributed by atoms with E-state index in [-0.39, 0.29) is 17.2 Å². The van der Waals surface area contributed by atoms with Crippen molar-refractivity contribution in [3.05, 3.63) is 65.4 Å². The highest BCUT2D eigenvalue weighted by Gasteiger charge is 2.28. The summed E-state index contributed by atoms with van der Waals surface area (Å²) >= 11 is 7.57. The van der Waals surface area contributed by atoms with Crippen LogP contribution in [0.1, 0.15) is 25.7 Å². The van der Waals surface area contributed by atoms with Gasteiger partial charge in [-0.1, -0.05) is 41.6 Å². The van der Waals surface area contributed by atoms with Crippen molar-refractivity contribution in [2.24, 2.45) is 0 Å². The van der Waals surface area contributed by atoms with E-state index in [2.05, 4.69) is 39.1 Å². The predicted molar refractivity (Wildman–Crippen MR) is 139 cm³/mol. The Hall–Kier alpha value is -2.55. The van der Waals surface area contributed by atoms with Gasteiger partial charge in [0.1, 0.15) is 0 Å². The molecule has 0 saturated carbocycles. The Morgan fingerprint density at radius 2 is 1.59 bits per heavy atom. The van der Waals surface area contributed by atoms with Gasteiger partial charge >= 0.3 is 0 Å². The average Bonchev–Trinajstić information content (AvgIpc) is 3.27. The zero-order chi connectivity index (χ0) is 24.2. The second-order valence-corrected chi connectivity index (χ2v) is 10.4. The molecule has 4 rings (SSSR count). The molecule has 2 aromatic carbocycles. The molecule has 2 heterocycles. The van der Waals surface area contributed by atoms with Gasteiger partial charge in [0.15, 0.2) is 11.0 Å². The number of hydrogen-bond acceptors (Lipinski definition) is 6. The van der Waals surface area contributed by atoms with Crippen LogP contribution in [0.4, 0.5) is 5.69 Å². The minimum Gasteiger partial charge on any atom is -0.368 e. The molecule has 0 N–H and O–H groups in total. The van der Waals surface area contributed by atoms with Crippen molar-refractivity contribution in [1.82, 2.24) is 24.6 Å². The van der Waals surface area contributed by atoms with Crippen LogP contribution in [0.2, 0.25) is 5.02 Å². The summed E-state index contributed by atoms with van der Waals surface area (Å²) in [5, 5.41) is 10.1. The summed E-state index contributed by atoms with van der Waals surface area (Å²) in [5.41, 5.74) is 2.13. The molecule has 1 aliphatic rings. The van der Waals surface area contributed by atoms with Crippen LogP contribution in [0.15, 0.2) is 59.8 Å². The fourth-order valence-corrected chi connectivity index (χ4v) is 5.07. The van der Waals surface area contributed by atoms with E-state index < -0.39 is 0 Å². The van der Waals surface area contributed by atoms with Gasteiger partial charge in [-0.15, -0.1) is 10.2 Å². The monoisotopic (exact) mass is 498 g/mol. The molecule has 34 heavy (non-hydrogen) atoms. The van der Waals surface area contributed by atoms with Crippen molar-refractivity contribution in [2.75, 3.05) is 45.2 Å². The van der Waals surface area contributed by atoms with Gasteiger partial charge in [-0.3, -0.25) is 14.3 Å². The molecule has 3 aromatic rings. The molecule has 180 valence electrons. The Balaban J connectivity index is 1.49. The van der Waals surface area contributed by atoms with Crippen LogP contribution < -0.4 is 4.90 Å². The maximum atomic E-state index is 13.3. The summed E-state index contributed by atoms with van der Waals surface area (Å²) in [6.45, 7) is 7.13. The number of anilines is 1. The lowest BCUT2D eigenvalue weighted by Crippen LogP contribution is -2.50. The Morgan fingerprint density at radius 1 is 0.941 bits per heavy atom. The first-order chi connectivity index (χ1) is 16.3. The van der Waals surface area contributed by atoms with Gasteiger partial charge in [-0.25, -0.2) is 0 Å². The van der Waals surface area contributed by atoms with E-state index in [0.29, 0.717) is 23.3 Å². The van der Waals surface area contributed by atoms with Gasteiger partial charge in [0.05, 0.1) is 11.3 Å². The summed E-state index contributed by atoms with van der Waals surface area (Å²) in [6.07, 6.45) is 0. The van der Waals surface area contributed by atoms with Crippen LogP contribution in [0.25, 0.3) is 5.69 Å². The van der Waals surface area contributed by atoms with Crippen LogP contribution in [-0.2, 0) is 4.79 Å². The number of benzene rings is 2. The van der Waals surface area contributed by atoms with Crippen molar-refractivity contribution in [3.63, 3.8) is 0 Å². The van der Waals surface area contributed by atoms with Crippen molar-refractivity contribution < 1.29 is 4.79 Å². The Kier molecular flexibility index (Phi) is 7.80. The average molecular weight is 499 g/mol. The maximum absolute atomic E-state index is 13.3. The minimum atomic E-state index is -0.277. The number of halogens is 1. The van der Waals surface area contributed by atoms with Gasteiger partial charge in [-0.2, -0.15) is 0 Å². The summed E-state index contributed by atoms with van der Waals surface area (Å²) in [6, 6.07) is 18.0. The zero-order valence-electron chi connectivity index (χ0n) is 20.1. The lowest BCUT2D eigenvalue weighted by atomic mass is 10.2. The molecule has 0 bridgehead atoms. The summed E-state index contributed by atoms with van der Waals surface area (Å²) in [5.74, 6) is 0.955. The predicted octanol–water partition coefficient (Wildman–Crippen LogP) is 4.37. The molecule has 9 heteroatoms. The molecule has 0 aliphatic carbocycles. The number of rotatable bonds is 7. The van der Waals surface area contributed by atoms with Gasteiger partial charge in [0.25, 0.3) is 0 Å². The lowest BCUT2D eigenvalue weighted by molar-refractivity contribution is -0.130. The number of piperazine rings is 1. The molecule has 1 aromatic heterocycles. The van der Waals surface area contributed by atoms with E-state index in [4.69, 9.17) is 11.6 Å². The van der Waals surface area contributed by atoms with Crippen molar-refractivity contribution in [1.29, 1.82) is 0 Å². The molecule has 0 spiro atoms. The smallest absolute Gasteiger partial charge is 0.236 e. The topological polar surface area (TPSA) is 57.5 Å². The Labute approximate surface area is 210 Å². The van der Waals surface area contributed by atoms with E-state index in [0.717, 1.165) is 24.6 Å². The van der Waals surface area contributed by atoms with Crippen molar-refractivity contribution >= 4 is 35.0 Å². The van der Waals surface area contributed by atoms with E-state index in [1.165, 1.54) is 17.4 Å². The van der Waals surface area contributed by atoms with Crippen LogP contribution in [0, 0.1) is 0 Å². The second-order valence-electron chi connectivity index (χ2n) is 8.70. The number of para-hydroxylation sites is 1. The Morgan fingerprint density at radius 3 is 2.21 bits per heavy atom. The number of nitrogens with zero attached hydrogens (tertiary/aromatic N) is 6. The number of hydrogen-bond donors (Lipinski definition) is 0. The molecular weight excluding hydrogens is 468 g/mol. The van der Waals surface area contributed by atoms with E-state index >= 15 is 0 Å². The Bertz CT molecular complexity index is 1100. The van der Waals surface area contributed by atoms with Gasteiger partial charge in [0, 0.05) is 42.6 Å². The number of carbonyl (C=O) groups excluding carboxylic acids is 1. The summed E-state index contributed by atoms with van der Waals surface area (Å²) in [7, 11) is 4.03. The van der Waals surface area contributed by atoms with E-state index in [9.17, 15) is 4.79 Å². The molecule has 2 unspecified atom stereocenters. The standard InChI is InChI=1S/C25H31ClN6OS/c1-18(29(3)4)23-27-28-25(32(23)22-12-10-20(26)11-13-22)34-19(2)24(33)31-16-14-30(15-17-31)21-8-6-5-7-9-21/h5-13,18-19H,14-17H2,1-4H3. The number of thioether (sulfide) groups is 1. The third-order valence-corrected chi connectivity index (χ3v) is 7.52. The van der Waals surface area contributed by atoms with Crippen LogP contribution >= 0.6 is 23.4 Å². The first kappa shape index (κ1) is 24.6.